The van der Waals surface area contributed by atoms with Gasteiger partial charge < -0.3 is 4.42 Å². The van der Waals surface area contributed by atoms with E-state index in [4.69, 9.17) is 24.4 Å². The zero-order chi connectivity index (χ0) is 76.8. The van der Waals surface area contributed by atoms with E-state index in [0.29, 0.717) is 17.7 Å². The van der Waals surface area contributed by atoms with E-state index in [1.54, 1.807) is 22.3 Å². The summed E-state index contributed by atoms with van der Waals surface area (Å²) in [6, 6.07) is 117. The van der Waals surface area contributed by atoms with Crippen molar-refractivity contribution in [2.45, 2.75) is 75.0 Å². The third-order valence-corrected chi connectivity index (χ3v) is 31.6. The van der Waals surface area contributed by atoms with Crippen molar-refractivity contribution in [3.8, 4) is 89.8 Å². The number of benzene rings is 16. The van der Waals surface area contributed by atoms with Gasteiger partial charge in [0.1, 0.15) is 16.8 Å². The summed E-state index contributed by atoms with van der Waals surface area (Å²) in [5.41, 5.74) is 27.3. The second kappa shape index (κ2) is 24.9. The van der Waals surface area contributed by atoms with E-state index in [-0.39, 0.29) is 10.8 Å². The molecular weight excluding hydrogens is 1450 g/mol. The van der Waals surface area contributed by atoms with Crippen LogP contribution in [0.5, 0.6) is 0 Å². The number of nitrogens with zero attached hydrogens (tertiary/aromatic N) is 4. The summed E-state index contributed by atoms with van der Waals surface area (Å²) < 4.78 is 9.29. The lowest BCUT2D eigenvalue weighted by Gasteiger charge is -2.61. The zero-order valence-corrected chi connectivity index (χ0v) is 66.1. The van der Waals surface area contributed by atoms with Crippen LogP contribution < -0.4 is 0 Å². The Morgan fingerprint density at radius 1 is 0.271 bits per heavy atom. The van der Waals surface area contributed by atoms with Crippen LogP contribution in [0.25, 0.3) is 197 Å². The maximum Gasteiger partial charge on any atom is 0.180 e. The van der Waals surface area contributed by atoms with E-state index in [1.807, 2.05) is 17.4 Å². The van der Waals surface area contributed by atoms with Gasteiger partial charge in [-0.3, -0.25) is 0 Å². The number of hydrogen-bond donors (Lipinski definition) is 0. The molecule has 16 aromatic carbocycles. The molecule has 20 aromatic rings. The molecule has 0 radical (unpaired) electrons. The predicted molar refractivity (Wildman–Crippen MR) is 488 cm³/mol. The molecule has 4 heterocycles. The summed E-state index contributed by atoms with van der Waals surface area (Å²) in [6.07, 6.45) is 14.0. The Bertz CT molecular complexity index is 7110. The van der Waals surface area contributed by atoms with Gasteiger partial charge in [-0.25, -0.2) is 19.9 Å². The van der Waals surface area contributed by atoms with Crippen molar-refractivity contribution >= 4 is 118 Å². The second-order valence-electron chi connectivity index (χ2n) is 36.0. The molecule has 10 aliphatic rings. The Morgan fingerprint density at radius 3 is 1.10 bits per heavy atom. The molecule has 0 saturated heterocycles. The fraction of sp³-hybridized carbons (Fsp3) is 0.179. The van der Waals surface area contributed by atoms with Gasteiger partial charge in [0.2, 0.25) is 0 Å². The minimum atomic E-state index is 0.104. The molecule has 10 aliphatic carbocycles. The number of hydrogen-bond acceptors (Lipinski definition) is 6. The molecule has 8 fully saturated rings. The predicted octanol–water partition coefficient (Wildman–Crippen LogP) is 29.6. The molecule has 0 N–H and O–H groups in total. The van der Waals surface area contributed by atoms with E-state index >= 15 is 0 Å². The molecule has 118 heavy (non-hydrogen) atoms. The monoisotopic (exact) mass is 1530 g/mol. The molecule has 6 heteroatoms. The van der Waals surface area contributed by atoms with E-state index in [1.165, 1.54) is 178 Å². The third kappa shape index (κ3) is 9.16. The molecule has 5 nitrogen and oxygen atoms in total. The Balaban J connectivity index is 0.000000126. The maximum atomic E-state index is 6.92. The normalized spacial score (nSPS) is 22.6. The number of thiophene rings is 1. The summed E-state index contributed by atoms with van der Waals surface area (Å²) in [7, 11) is 0. The van der Waals surface area contributed by atoms with Gasteiger partial charge in [0.15, 0.2) is 17.2 Å². The van der Waals surface area contributed by atoms with Gasteiger partial charge in [0.05, 0.1) is 21.3 Å². The summed E-state index contributed by atoms with van der Waals surface area (Å²) in [5, 5.41) is 16.8. The van der Waals surface area contributed by atoms with Crippen molar-refractivity contribution < 1.29 is 4.42 Å². The number of aromatic nitrogens is 4. The lowest BCUT2D eigenvalue weighted by Crippen LogP contribution is -2.55. The van der Waals surface area contributed by atoms with Crippen molar-refractivity contribution in [1.29, 1.82) is 0 Å². The van der Waals surface area contributed by atoms with Crippen LogP contribution in [0.4, 0.5) is 0 Å². The lowest BCUT2D eigenvalue weighted by molar-refractivity contribution is -0.0399. The second-order valence-corrected chi connectivity index (χ2v) is 37.1. The Kier molecular flexibility index (Phi) is 14.0. The molecule has 0 aliphatic heterocycles. The van der Waals surface area contributed by atoms with Crippen molar-refractivity contribution in [3.05, 3.63) is 338 Å². The van der Waals surface area contributed by atoms with Gasteiger partial charge in [-0.1, -0.05) is 291 Å². The molecule has 0 atom stereocenters. The zero-order valence-electron chi connectivity index (χ0n) is 65.3. The van der Waals surface area contributed by atoms with E-state index in [9.17, 15) is 0 Å². The van der Waals surface area contributed by atoms with Crippen LogP contribution in [0.3, 0.4) is 0 Å². The van der Waals surface area contributed by atoms with Crippen molar-refractivity contribution in [2.24, 2.45) is 47.3 Å². The number of furan rings is 1. The van der Waals surface area contributed by atoms with Gasteiger partial charge in [-0.15, -0.1) is 11.3 Å². The van der Waals surface area contributed by atoms with Gasteiger partial charge in [0, 0.05) is 43.2 Å². The van der Waals surface area contributed by atoms with Crippen molar-refractivity contribution in [3.63, 3.8) is 0 Å². The molecule has 8 bridgehead atoms. The number of rotatable bonds is 6. The Labute approximate surface area is 687 Å². The number of fused-ring (bicyclic) bond motifs is 20. The minimum Gasteiger partial charge on any atom is -0.452 e. The standard InChI is InChI=1S/C56H40N2O.C56H40N2S/c2*1-2-13-35(14-3-1)55-57-52(54-53(58-55)51-39-15-5-4-12-34(39)23-25-48(51)59-54)50-44-19-8-6-17-42(44)49(43-18-7-9-20-45(43)50)36-22-24-41-40-16-10-11-21-46(40)56(47(41)31-36)37-27-32-26-33(29-37)30-38(56)28-32/h2*1-25,31-33,37-38H,26-30H2. The molecule has 0 unspecified atom stereocenters. The highest BCUT2D eigenvalue weighted by Crippen LogP contribution is 2.72. The fourth-order valence-corrected chi connectivity index (χ4v) is 27.7. The highest BCUT2D eigenvalue weighted by molar-refractivity contribution is 7.26. The van der Waals surface area contributed by atoms with Gasteiger partial charge >= 0.3 is 0 Å². The van der Waals surface area contributed by atoms with E-state index in [2.05, 4.69) is 309 Å². The van der Waals surface area contributed by atoms with Gasteiger partial charge in [-0.2, -0.15) is 0 Å². The SMILES string of the molecule is c1ccc(-c2nc(-c3c4ccccc4c(-c4ccc5c(c4)C4(c6ccccc6-5)C5CC6CC(C5)CC4C6)c4ccccc34)c3oc4ccc5ccccc5c4c3n2)cc1.c1ccc(-c2nc(-c3c4ccccc4c(-c4ccc5c(c4)C4(c6ccccc6-5)C5CC6CC(C5)CC4C6)c4ccccc34)c3sc4ccc5ccccc5c4c3n2)cc1. The molecule has 0 amide bonds. The third-order valence-electron chi connectivity index (χ3n) is 30.5. The van der Waals surface area contributed by atoms with Crippen molar-refractivity contribution in [2.75, 3.05) is 0 Å². The smallest absolute Gasteiger partial charge is 0.180 e. The van der Waals surface area contributed by atoms with Crippen LogP contribution in [0.2, 0.25) is 0 Å². The summed E-state index contributed by atoms with van der Waals surface area (Å²) >= 11 is 1.83. The van der Waals surface area contributed by atoms with Crippen LogP contribution in [-0.2, 0) is 10.8 Å². The average Bonchev–Trinajstić information content (AvgIpc) is 1.49. The lowest BCUT2D eigenvalue weighted by atomic mass is 9.43. The largest absolute Gasteiger partial charge is 0.452 e. The molecule has 8 saturated carbocycles. The first-order valence-electron chi connectivity index (χ1n) is 43.2. The van der Waals surface area contributed by atoms with Crippen LogP contribution >= 0.6 is 11.3 Å². The Hall–Kier alpha value is -12.7. The van der Waals surface area contributed by atoms with Crippen molar-refractivity contribution in [1.82, 2.24) is 19.9 Å². The fourth-order valence-electron chi connectivity index (χ4n) is 26.6. The van der Waals surface area contributed by atoms with E-state index in [0.717, 1.165) is 112 Å². The summed E-state index contributed by atoms with van der Waals surface area (Å²) in [4.78, 5) is 21.8. The van der Waals surface area contributed by atoms with Crippen LogP contribution in [0, 0.1) is 47.3 Å². The van der Waals surface area contributed by atoms with E-state index < -0.39 is 0 Å². The molecule has 2 spiro atoms. The molecule has 560 valence electrons. The van der Waals surface area contributed by atoms with Crippen LogP contribution in [0.15, 0.2) is 320 Å². The van der Waals surface area contributed by atoms with Gasteiger partial charge in [0.25, 0.3) is 0 Å². The maximum absolute atomic E-state index is 6.92. The molecule has 30 rings (SSSR count). The van der Waals surface area contributed by atoms with Crippen LogP contribution in [-0.4, -0.2) is 19.9 Å². The molecular formula is C112H80N4OS. The quantitative estimate of drug-likeness (QED) is 0.155. The summed E-state index contributed by atoms with van der Waals surface area (Å²) in [6.45, 7) is 0. The van der Waals surface area contributed by atoms with Gasteiger partial charge in [-0.05, 0) is 267 Å². The minimum absolute atomic E-state index is 0.104. The first-order valence-corrected chi connectivity index (χ1v) is 44.0. The highest BCUT2D eigenvalue weighted by atomic mass is 32.1. The molecule has 4 aromatic heterocycles. The first-order chi connectivity index (χ1) is 58.4. The average molecular weight is 1530 g/mol. The Morgan fingerprint density at radius 2 is 0.636 bits per heavy atom. The topological polar surface area (TPSA) is 64.7 Å². The highest BCUT2D eigenvalue weighted by Gasteiger charge is 2.63. The first kappa shape index (κ1) is 66.4. The summed E-state index contributed by atoms with van der Waals surface area (Å²) in [5.74, 6) is 7.98. The van der Waals surface area contributed by atoms with Crippen LogP contribution in [0.1, 0.15) is 86.5 Å².